The molecule has 0 unspecified atom stereocenters. The number of aromatic amines is 1. The van der Waals surface area contributed by atoms with Gasteiger partial charge in [0, 0.05) is 11.9 Å². The quantitative estimate of drug-likeness (QED) is 0.300. The molecular weight excluding hydrogens is 278 g/mol. The summed E-state index contributed by atoms with van der Waals surface area (Å²) in [6, 6.07) is 2.24. The maximum atomic E-state index is 3.27. The highest BCUT2D eigenvalue weighted by atomic mass is 14.7. The van der Waals surface area contributed by atoms with Gasteiger partial charge in [0.25, 0.3) is 0 Å². The average molecular weight is 320 g/mol. The van der Waals surface area contributed by atoms with E-state index in [2.05, 4.69) is 31.1 Å². The van der Waals surface area contributed by atoms with Crippen molar-refractivity contribution in [2.75, 3.05) is 0 Å². The molecule has 1 rings (SSSR count). The average Bonchev–Trinajstić information content (AvgIpc) is 2.96. The monoisotopic (exact) mass is 319 g/mol. The summed E-state index contributed by atoms with van der Waals surface area (Å²) < 4.78 is 0. The Bertz CT molecular complexity index is 353. The van der Waals surface area contributed by atoms with Gasteiger partial charge in [-0.3, -0.25) is 0 Å². The molecule has 134 valence electrons. The van der Waals surface area contributed by atoms with Gasteiger partial charge in [0.1, 0.15) is 0 Å². The van der Waals surface area contributed by atoms with Crippen molar-refractivity contribution in [2.45, 2.75) is 117 Å². The summed E-state index contributed by atoms with van der Waals surface area (Å²) in [5, 5.41) is 0. The first-order valence-corrected chi connectivity index (χ1v) is 10.5. The fourth-order valence-electron chi connectivity index (χ4n) is 3.44. The Kier molecular flexibility index (Phi) is 13.1. The molecule has 1 nitrogen and oxygen atoms in total. The summed E-state index contributed by atoms with van der Waals surface area (Å²) >= 11 is 0. The lowest BCUT2D eigenvalue weighted by Crippen LogP contribution is -1.87. The molecule has 0 saturated heterocycles. The summed E-state index contributed by atoms with van der Waals surface area (Å²) in [5.74, 6) is 0. The van der Waals surface area contributed by atoms with Gasteiger partial charge in [-0.1, -0.05) is 96.8 Å². The largest absolute Gasteiger partial charge is 0.365 e. The fraction of sp³-hybridized carbons (Fsp3) is 0.818. The van der Waals surface area contributed by atoms with Crippen molar-refractivity contribution < 1.29 is 0 Å². The normalized spacial score (nSPS) is 11.2. The molecule has 0 aliphatic rings. The van der Waals surface area contributed by atoms with Crippen molar-refractivity contribution in [1.82, 2.24) is 4.98 Å². The van der Waals surface area contributed by atoms with Gasteiger partial charge in [0.2, 0.25) is 0 Å². The van der Waals surface area contributed by atoms with Crippen LogP contribution in [0, 0.1) is 6.92 Å². The van der Waals surface area contributed by atoms with Crippen molar-refractivity contribution in [3.8, 4) is 0 Å². The number of nitrogens with one attached hydrogen (secondary N) is 1. The molecule has 0 aromatic carbocycles. The van der Waals surface area contributed by atoms with Gasteiger partial charge in [-0.05, 0) is 31.4 Å². The van der Waals surface area contributed by atoms with Crippen LogP contribution in [0.5, 0.6) is 0 Å². The maximum Gasteiger partial charge on any atom is 0.0148 e. The van der Waals surface area contributed by atoms with Crippen LogP contribution >= 0.6 is 0 Å². The van der Waals surface area contributed by atoms with Gasteiger partial charge in [-0.25, -0.2) is 0 Å². The van der Waals surface area contributed by atoms with Crippen molar-refractivity contribution in [2.24, 2.45) is 0 Å². The van der Waals surface area contributed by atoms with E-state index in [4.69, 9.17) is 0 Å². The Labute approximate surface area is 145 Å². The lowest BCUT2D eigenvalue weighted by Gasteiger charge is -2.03. The predicted molar refractivity (Wildman–Crippen MR) is 104 cm³/mol. The van der Waals surface area contributed by atoms with Gasteiger partial charge in [0.15, 0.2) is 0 Å². The number of rotatable bonds is 16. The number of hydrogen-bond acceptors (Lipinski definition) is 0. The first-order chi connectivity index (χ1) is 11.3. The molecule has 0 bridgehead atoms. The molecule has 1 heterocycles. The van der Waals surface area contributed by atoms with Crippen LogP contribution in [0.4, 0.5) is 0 Å². The lowest BCUT2D eigenvalue weighted by molar-refractivity contribution is 0.532. The standard InChI is InChI=1S/C22H41N/c1-3-4-5-6-7-8-9-10-11-12-13-14-15-16-17-18-22-19-20-23-21(22)2/h19-20,23H,3-18H2,1-2H3. The molecule has 1 aromatic heterocycles. The summed E-state index contributed by atoms with van der Waals surface area (Å²) in [6.45, 7) is 4.48. The smallest absolute Gasteiger partial charge is 0.0148 e. The summed E-state index contributed by atoms with van der Waals surface area (Å²) in [5.41, 5.74) is 2.87. The van der Waals surface area contributed by atoms with Crippen LogP contribution in [0.15, 0.2) is 12.3 Å². The second-order valence-electron chi connectivity index (χ2n) is 7.33. The van der Waals surface area contributed by atoms with Gasteiger partial charge < -0.3 is 4.98 Å². The zero-order valence-electron chi connectivity index (χ0n) is 16.0. The second-order valence-corrected chi connectivity index (χ2v) is 7.33. The van der Waals surface area contributed by atoms with E-state index in [0.717, 1.165) is 0 Å². The molecule has 0 fully saturated rings. The van der Waals surface area contributed by atoms with E-state index >= 15 is 0 Å². The molecule has 0 spiro atoms. The topological polar surface area (TPSA) is 15.8 Å². The Morgan fingerprint density at radius 1 is 0.652 bits per heavy atom. The van der Waals surface area contributed by atoms with Crippen molar-refractivity contribution >= 4 is 0 Å². The first kappa shape index (κ1) is 20.3. The van der Waals surface area contributed by atoms with Gasteiger partial charge in [-0.2, -0.15) is 0 Å². The molecule has 0 radical (unpaired) electrons. The SMILES string of the molecule is CCCCCCCCCCCCCCCCCc1cc[nH]c1C. The van der Waals surface area contributed by atoms with Crippen LogP contribution in [0.25, 0.3) is 0 Å². The first-order valence-electron chi connectivity index (χ1n) is 10.5. The summed E-state index contributed by atoms with van der Waals surface area (Å²) in [4.78, 5) is 3.27. The minimum atomic E-state index is 1.26. The van der Waals surface area contributed by atoms with E-state index in [1.165, 1.54) is 114 Å². The van der Waals surface area contributed by atoms with Crippen LogP contribution in [0.3, 0.4) is 0 Å². The predicted octanol–water partition coefficient (Wildman–Crippen LogP) is 7.74. The van der Waals surface area contributed by atoms with E-state index < -0.39 is 0 Å². The number of aromatic nitrogens is 1. The highest BCUT2D eigenvalue weighted by Crippen LogP contribution is 2.15. The molecule has 0 atom stereocenters. The van der Waals surface area contributed by atoms with E-state index in [1.54, 1.807) is 0 Å². The van der Waals surface area contributed by atoms with Crippen LogP contribution < -0.4 is 0 Å². The van der Waals surface area contributed by atoms with Crippen LogP contribution in [-0.4, -0.2) is 4.98 Å². The zero-order chi connectivity index (χ0) is 16.6. The van der Waals surface area contributed by atoms with Crippen LogP contribution in [0.1, 0.15) is 114 Å². The van der Waals surface area contributed by atoms with Crippen LogP contribution in [-0.2, 0) is 6.42 Å². The van der Waals surface area contributed by atoms with Crippen molar-refractivity contribution in [3.63, 3.8) is 0 Å². The van der Waals surface area contributed by atoms with Gasteiger partial charge >= 0.3 is 0 Å². The highest BCUT2D eigenvalue weighted by molar-refractivity contribution is 5.18. The highest BCUT2D eigenvalue weighted by Gasteiger charge is 1.98. The molecule has 1 N–H and O–H groups in total. The maximum absolute atomic E-state index is 3.27. The Morgan fingerprint density at radius 2 is 1.09 bits per heavy atom. The zero-order valence-corrected chi connectivity index (χ0v) is 16.0. The molecule has 0 amide bonds. The number of aryl methyl sites for hydroxylation is 2. The summed E-state index contributed by atoms with van der Waals surface area (Å²) in [7, 11) is 0. The van der Waals surface area contributed by atoms with E-state index in [9.17, 15) is 0 Å². The third kappa shape index (κ3) is 11.5. The lowest BCUT2D eigenvalue weighted by atomic mass is 10.0. The van der Waals surface area contributed by atoms with E-state index in [-0.39, 0.29) is 0 Å². The van der Waals surface area contributed by atoms with E-state index in [1.807, 2.05) is 0 Å². The Hall–Kier alpha value is -0.720. The fourth-order valence-corrected chi connectivity index (χ4v) is 3.44. The summed E-state index contributed by atoms with van der Waals surface area (Å²) in [6.07, 6.45) is 25.0. The molecule has 0 saturated carbocycles. The number of H-pyrrole nitrogens is 1. The molecule has 1 heteroatoms. The molecule has 0 aliphatic heterocycles. The Balaban J connectivity index is 1.72. The molecule has 23 heavy (non-hydrogen) atoms. The Morgan fingerprint density at radius 3 is 1.48 bits per heavy atom. The van der Waals surface area contributed by atoms with Crippen LogP contribution in [0.2, 0.25) is 0 Å². The van der Waals surface area contributed by atoms with Gasteiger partial charge in [0.05, 0.1) is 0 Å². The minimum absolute atomic E-state index is 1.26. The number of unbranched alkanes of at least 4 members (excludes halogenated alkanes) is 14. The third-order valence-electron chi connectivity index (χ3n) is 5.12. The molecular formula is C22H41N. The molecule has 1 aromatic rings. The second kappa shape index (κ2) is 14.8. The third-order valence-corrected chi connectivity index (χ3v) is 5.12. The molecule has 0 aliphatic carbocycles. The number of hydrogen-bond donors (Lipinski definition) is 1. The van der Waals surface area contributed by atoms with E-state index in [0.29, 0.717) is 0 Å². The van der Waals surface area contributed by atoms with Crippen molar-refractivity contribution in [3.05, 3.63) is 23.5 Å². The van der Waals surface area contributed by atoms with Gasteiger partial charge in [-0.15, -0.1) is 0 Å². The minimum Gasteiger partial charge on any atom is -0.365 e. The van der Waals surface area contributed by atoms with Crippen molar-refractivity contribution in [1.29, 1.82) is 0 Å².